The molecule has 0 atom stereocenters. The fourth-order valence-electron chi connectivity index (χ4n) is 0.885. The van der Waals surface area contributed by atoms with Gasteiger partial charge in [-0.2, -0.15) is 13.2 Å². The highest BCUT2D eigenvalue weighted by Gasteiger charge is 2.28. The Morgan fingerprint density at radius 3 is 1.76 bits per heavy atom. The molecule has 0 amide bonds. The van der Waals surface area contributed by atoms with E-state index in [0.29, 0.717) is 6.08 Å². The monoisotopic (exact) mass is 254 g/mol. The minimum Gasteiger partial charge on any atom is -0.462 e. The van der Waals surface area contributed by atoms with Crippen molar-refractivity contribution in [2.24, 2.45) is 0 Å². The molecule has 17 heavy (non-hydrogen) atoms. The van der Waals surface area contributed by atoms with Crippen molar-refractivity contribution in [1.29, 1.82) is 0 Å². The van der Waals surface area contributed by atoms with Crippen LogP contribution >= 0.6 is 0 Å². The second-order valence-electron chi connectivity index (χ2n) is 2.88. The third-order valence-electron chi connectivity index (χ3n) is 1.53. The number of hydrogen-bond acceptors (Lipinski definition) is 4. The van der Waals surface area contributed by atoms with Gasteiger partial charge in [-0.3, -0.25) is 0 Å². The van der Waals surface area contributed by atoms with Crippen molar-refractivity contribution in [3.8, 4) is 0 Å². The largest absolute Gasteiger partial charge is 0.462 e. The number of halogens is 3. The van der Waals surface area contributed by atoms with Gasteiger partial charge in [-0.15, -0.1) is 0 Å². The summed E-state index contributed by atoms with van der Waals surface area (Å²) in [6.07, 6.45) is -5.42. The van der Waals surface area contributed by atoms with Crippen LogP contribution in [0.1, 0.15) is 20.3 Å². The SMILES string of the molecule is CCOC(=O)C(=CCC(F)(F)F)C(=O)OCC. The Labute approximate surface area is 96.4 Å². The number of carbonyl (C=O) groups excluding carboxylic acids is 2. The quantitative estimate of drug-likeness (QED) is 0.326. The maximum atomic E-state index is 12.0. The van der Waals surface area contributed by atoms with Crippen molar-refractivity contribution in [2.75, 3.05) is 13.2 Å². The third-order valence-corrected chi connectivity index (χ3v) is 1.53. The Bertz CT molecular complexity index is 287. The second-order valence-corrected chi connectivity index (χ2v) is 2.88. The molecule has 0 aliphatic carbocycles. The summed E-state index contributed by atoms with van der Waals surface area (Å²) in [6, 6.07) is 0. The van der Waals surface area contributed by atoms with E-state index in [2.05, 4.69) is 9.47 Å². The van der Waals surface area contributed by atoms with E-state index in [-0.39, 0.29) is 13.2 Å². The Morgan fingerprint density at radius 1 is 1.06 bits per heavy atom. The minimum absolute atomic E-state index is 0.0401. The first kappa shape index (κ1) is 15.5. The molecule has 98 valence electrons. The van der Waals surface area contributed by atoms with E-state index in [1.807, 2.05) is 0 Å². The fraction of sp³-hybridized carbons (Fsp3) is 0.600. The molecule has 7 heteroatoms. The lowest BCUT2D eigenvalue weighted by Crippen LogP contribution is -2.19. The molecule has 0 saturated carbocycles. The molecule has 0 bridgehead atoms. The molecule has 0 N–H and O–H groups in total. The van der Waals surface area contributed by atoms with E-state index in [9.17, 15) is 22.8 Å². The van der Waals surface area contributed by atoms with Gasteiger partial charge in [0, 0.05) is 0 Å². The average molecular weight is 254 g/mol. The number of carbonyl (C=O) groups is 2. The van der Waals surface area contributed by atoms with Crippen LogP contribution in [0.5, 0.6) is 0 Å². The van der Waals surface area contributed by atoms with Gasteiger partial charge in [0.05, 0.1) is 19.6 Å². The lowest BCUT2D eigenvalue weighted by atomic mass is 10.2. The van der Waals surface area contributed by atoms with Crippen LogP contribution in [0.25, 0.3) is 0 Å². The Hall–Kier alpha value is -1.53. The summed E-state index contributed by atoms with van der Waals surface area (Å²) in [6.45, 7) is 2.87. The molecule has 0 fully saturated rings. The van der Waals surface area contributed by atoms with E-state index in [0.717, 1.165) is 0 Å². The van der Waals surface area contributed by atoms with Crippen molar-refractivity contribution in [1.82, 2.24) is 0 Å². The van der Waals surface area contributed by atoms with Crippen molar-refractivity contribution in [3.05, 3.63) is 11.6 Å². The zero-order valence-electron chi connectivity index (χ0n) is 9.47. The molecular weight excluding hydrogens is 241 g/mol. The van der Waals surface area contributed by atoms with Crippen LogP contribution < -0.4 is 0 Å². The van der Waals surface area contributed by atoms with Crippen LogP contribution in [0.15, 0.2) is 11.6 Å². The summed E-state index contributed by atoms with van der Waals surface area (Å²) < 4.78 is 44.8. The lowest BCUT2D eigenvalue weighted by Gasteiger charge is -2.07. The normalized spacial score (nSPS) is 10.6. The summed E-state index contributed by atoms with van der Waals surface area (Å²) in [4.78, 5) is 22.4. The number of rotatable bonds is 5. The zero-order chi connectivity index (χ0) is 13.5. The third kappa shape index (κ3) is 6.60. The zero-order valence-corrected chi connectivity index (χ0v) is 9.47. The fourth-order valence-corrected chi connectivity index (χ4v) is 0.885. The van der Waals surface area contributed by atoms with Crippen LogP contribution in [-0.4, -0.2) is 31.3 Å². The van der Waals surface area contributed by atoms with E-state index in [1.165, 1.54) is 13.8 Å². The predicted octanol–water partition coefficient (Wildman–Crippen LogP) is 1.99. The molecular formula is C10H13F3O4. The predicted molar refractivity (Wildman–Crippen MR) is 52.0 cm³/mol. The van der Waals surface area contributed by atoms with Crippen molar-refractivity contribution >= 4 is 11.9 Å². The maximum Gasteiger partial charge on any atom is 0.392 e. The Kier molecular flexibility index (Phi) is 6.30. The van der Waals surface area contributed by atoms with Gasteiger partial charge < -0.3 is 9.47 Å². The standard InChI is InChI=1S/C10H13F3O4/c1-3-16-8(14)7(9(15)17-4-2)5-6-10(11,12)13/h5H,3-4,6H2,1-2H3. The second kappa shape index (κ2) is 6.93. The number of esters is 2. The number of alkyl halides is 3. The molecule has 4 nitrogen and oxygen atoms in total. The molecule has 0 rings (SSSR count). The van der Waals surface area contributed by atoms with Crippen LogP contribution in [0.4, 0.5) is 13.2 Å². The molecule has 0 aromatic heterocycles. The van der Waals surface area contributed by atoms with E-state index in [4.69, 9.17) is 0 Å². The van der Waals surface area contributed by atoms with Gasteiger partial charge in [-0.05, 0) is 13.8 Å². The van der Waals surface area contributed by atoms with Crippen LogP contribution in [0, 0.1) is 0 Å². The van der Waals surface area contributed by atoms with Crippen molar-refractivity contribution < 1.29 is 32.2 Å². The smallest absolute Gasteiger partial charge is 0.392 e. The first-order valence-corrected chi connectivity index (χ1v) is 4.93. The molecule has 0 aromatic rings. The number of hydrogen-bond donors (Lipinski definition) is 0. The molecule has 0 radical (unpaired) electrons. The summed E-state index contributed by atoms with van der Waals surface area (Å²) in [5.41, 5.74) is -0.731. The summed E-state index contributed by atoms with van der Waals surface area (Å²) >= 11 is 0. The van der Waals surface area contributed by atoms with Gasteiger partial charge in [0.15, 0.2) is 0 Å². The molecule has 0 saturated heterocycles. The Morgan fingerprint density at radius 2 is 1.47 bits per heavy atom. The van der Waals surface area contributed by atoms with Gasteiger partial charge in [-0.25, -0.2) is 9.59 Å². The average Bonchev–Trinajstić information content (AvgIpc) is 2.16. The van der Waals surface area contributed by atoms with E-state index >= 15 is 0 Å². The van der Waals surface area contributed by atoms with Crippen LogP contribution in [-0.2, 0) is 19.1 Å². The first-order valence-electron chi connectivity index (χ1n) is 4.93. The highest BCUT2D eigenvalue weighted by Crippen LogP contribution is 2.21. The number of allylic oxidation sites excluding steroid dienone is 1. The topological polar surface area (TPSA) is 52.6 Å². The van der Waals surface area contributed by atoms with Crippen LogP contribution in [0.3, 0.4) is 0 Å². The molecule has 0 heterocycles. The highest BCUT2D eigenvalue weighted by atomic mass is 19.4. The molecule has 0 aromatic carbocycles. The van der Waals surface area contributed by atoms with Gasteiger partial charge in [0.1, 0.15) is 5.57 Å². The van der Waals surface area contributed by atoms with Gasteiger partial charge in [0.2, 0.25) is 0 Å². The maximum absolute atomic E-state index is 12.0. The molecule has 0 aliphatic rings. The molecule has 0 unspecified atom stereocenters. The van der Waals surface area contributed by atoms with Gasteiger partial charge in [0.25, 0.3) is 0 Å². The first-order chi connectivity index (χ1) is 7.81. The summed E-state index contributed by atoms with van der Waals surface area (Å²) in [5, 5.41) is 0. The lowest BCUT2D eigenvalue weighted by molar-refractivity contribution is -0.146. The number of ether oxygens (including phenoxy) is 2. The van der Waals surface area contributed by atoms with Gasteiger partial charge >= 0.3 is 18.1 Å². The van der Waals surface area contributed by atoms with Crippen molar-refractivity contribution in [2.45, 2.75) is 26.4 Å². The van der Waals surface area contributed by atoms with Gasteiger partial charge in [-0.1, -0.05) is 6.08 Å². The van der Waals surface area contributed by atoms with E-state index in [1.54, 1.807) is 0 Å². The molecule has 0 aliphatic heterocycles. The van der Waals surface area contributed by atoms with Crippen molar-refractivity contribution in [3.63, 3.8) is 0 Å². The minimum atomic E-state index is -4.50. The molecule has 0 spiro atoms. The van der Waals surface area contributed by atoms with E-state index < -0.39 is 30.1 Å². The summed E-state index contributed by atoms with van der Waals surface area (Å²) in [5.74, 6) is -2.23. The highest BCUT2D eigenvalue weighted by molar-refractivity contribution is 6.14. The van der Waals surface area contributed by atoms with Crippen LogP contribution in [0.2, 0.25) is 0 Å². The summed E-state index contributed by atoms with van der Waals surface area (Å²) in [7, 11) is 0. The Balaban J connectivity index is 4.84.